The van der Waals surface area contributed by atoms with Crippen molar-refractivity contribution in [1.82, 2.24) is 4.90 Å². The van der Waals surface area contributed by atoms with E-state index in [0.29, 0.717) is 11.3 Å². The van der Waals surface area contributed by atoms with Gasteiger partial charge in [-0.15, -0.1) is 11.3 Å². The average molecular weight is 359 g/mol. The Hall–Kier alpha value is -2.25. The number of anilines is 1. The zero-order valence-corrected chi connectivity index (χ0v) is 15.1. The molecule has 3 rings (SSSR count). The summed E-state index contributed by atoms with van der Waals surface area (Å²) in [5, 5.41) is 16.0. The Bertz CT molecular complexity index is 803. The van der Waals surface area contributed by atoms with Crippen LogP contribution in [0.15, 0.2) is 29.6 Å². The van der Waals surface area contributed by atoms with E-state index in [1.807, 2.05) is 0 Å². The van der Waals surface area contributed by atoms with E-state index in [4.69, 9.17) is 0 Å². The smallest absolute Gasteiger partial charge is 0.274 e. The second-order valence-electron chi connectivity index (χ2n) is 6.20. The highest BCUT2D eigenvalue weighted by molar-refractivity contribution is 7.10. The number of fused-ring (bicyclic) bond motifs is 1. The molecule has 0 radical (unpaired) electrons. The van der Waals surface area contributed by atoms with E-state index in [0.717, 1.165) is 19.4 Å². The number of nitro benzene ring substituents is 1. The molecule has 0 bridgehead atoms. The van der Waals surface area contributed by atoms with Crippen molar-refractivity contribution < 1.29 is 9.72 Å². The van der Waals surface area contributed by atoms with Crippen LogP contribution in [0.4, 0.5) is 11.4 Å². The highest BCUT2D eigenvalue weighted by Crippen LogP contribution is 2.35. The van der Waals surface area contributed by atoms with E-state index in [-0.39, 0.29) is 24.2 Å². The number of rotatable bonds is 5. The molecular formula is C18H21N3O3S. The van der Waals surface area contributed by atoms with Gasteiger partial charge in [0.05, 0.1) is 22.7 Å². The summed E-state index contributed by atoms with van der Waals surface area (Å²) in [6.45, 7) is 4.93. The monoisotopic (exact) mass is 359 g/mol. The van der Waals surface area contributed by atoms with Gasteiger partial charge in [0, 0.05) is 23.5 Å². The zero-order chi connectivity index (χ0) is 18.0. The highest BCUT2D eigenvalue weighted by atomic mass is 32.1. The van der Waals surface area contributed by atoms with Crippen LogP contribution in [0, 0.1) is 17.0 Å². The molecule has 2 aromatic rings. The van der Waals surface area contributed by atoms with Crippen LogP contribution in [-0.2, 0) is 11.2 Å². The average Bonchev–Trinajstić information content (AvgIpc) is 3.05. The molecule has 7 heteroatoms. The molecule has 0 spiro atoms. The summed E-state index contributed by atoms with van der Waals surface area (Å²) >= 11 is 1.78. The lowest BCUT2D eigenvalue weighted by atomic mass is 9.98. The molecule has 25 heavy (non-hydrogen) atoms. The molecule has 0 saturated heterocycles. The van der Waals surface area contributed by atoms with Crippen LogP contribution in [0.25, 0.3) is 0 Å². The lowest BCUT2D eigenvalue weighted by molar-refractivity contribution is -0.385. The van der Waals surface area contributed by atoms with Crippen LogP contribution in [0.1, 0.15) is 35.4 Å². The van der Waals surface area contributed by atoms with Crippen LogP contribution in [0.3, 0.4) is 0 Å². The van der Waals surface area contributed by atoms with Gasteiger partial charge in [-0.05, 0) is 42.8 Å². The van der Waals surface area contributed by atoms with Gasteiger partial charge in [-0.1, -0.05) is 13.0 Å². The first kappa shape index (κ1) is 17.6. The molecule has 1 aromatic carbocycles. The summed E-state index contributed by atoms with van der Waals surface area (Å²) in [7, 11) is 0. The fourth-order valence-electron chi connectivity index (χ4n) is 3.45. The summed E-state index contributed by atoms with van der Waals surface area (Å²) in [4.78, 5) is 26.7. The van der Waals surface area contributed by atoms with E-state index in [1.165, 1.54) is 16.5 Å². The van der Waals surface area contributed by atoms with Crippen LogP contribution in [0.5, 0.6) is 0 Å². The Labute approximate surface area is 150 Å². The Morgan fingerprint density at radius 2 is 2.24 bits per heavy atom. The molecule has 2 heterocycles. The Kier molecular flexibility index (Phi) is 5.15. The number of thiophene rings is 1. The first-order valence-electron chi connectivity index (χ1n) is 8.35. The second-order valence-corrected chi connectivity index (χ2v) is 7.20. The first-order chi connectivity index (χ1) is 12.0. The van der Waals surface area contributed by atoms with Crippen LogP contribution in [0.2, 0.25) is 0 Å². The number of hydrogen-bond acceptors (Lipinski definition) is 5. The van der Waals surface area contributed by atoms with Gasteiger partial charge in [-0.2, -0.15) is 0 Å². The number of carbonyl (C=O) groups excluding carboxylic acids is 1. The topological polar surface area (TPSA) is 75.5 Å². The Balaban J connectivity index is 1.71. The molecule has 6 nitrogen and oxygen atoms in total. The molecule has 132 valence electrons. The third kappa shape index (κ3) is 3.57. The van der Waals surface area contributed by atoms with Gasteiger partial charge in [0.1, 0.15) is 0 Å². The SMILES string of the molecule is CCC1c2ccsc2CCN1CC(=O)Nc1cccc([N+](=O)[O-])c1C. The molecule has 1 N–H and O–H groups in total. The van der Waals surface area contributed by atoms with Gasteiger partial charge in [0.15, 0.2) is 0 Å². The lowest BCUT2D eigenvalue weighted by Crippen LogP contribution is -2.40. The van der Waals surface area contributed by atoms with E-state index < -0.39 is 4.92 Å². The maximum Gasteiger partial charge on any atom is 0.274 e. The summed E-state index contributed by atoms with van der Waals surface area (Å²) in [6.07, 6.45) is 1.92. The molecule has 1 aromatic heterocycles. The van der Waals surface area contributed by atoms with Crippen molar-refractivity contribution in [3.8, 4) is 0 Å². The van der Waals surface area contributed by atoms with Crippen molar-refractivity contribution >= 4 is 28.6 Å². The quantitative estimate of drug-likeness (QED) is 0.649. The number of nitrogens with one attached hydrogen (secondary N) is 1. The molecule has 0 saturated carbocycles. The van der Waals surface area contributed by atoms with E-state index >= 15 is 0 Å². The van der Waals surface area contributed by atoms with Gasteiger partial charge in [-0.3, -0.25) is 19.8 Å². The van der Waals surface area contributed by atoms with Crippen molar-refractivity contribution in [2.24, 2.45) is 0 Å². The summed E-state index contributed by atoms with van der Waals surface area (Å²) in [5.41, 5.74) is 2.33. The molecule has 1 amide bonds. The number of hydrogen-bond donors (Lipinski definition) is 1. The number of carbonyl (C=O) groups is 1. The maximum absolute atomic E-state index is 12.5. The molecule has 0 fully saturated rings. The van der Waals surface area contributed by atoms with Gasteiger partial charge in [0.25, 0.3) is 5.69 Å². The van der Waals surface area contributed by atoms with Crippen molar-refractivity contribution in [2.45, 2.75) is 32.7 Å². The van der Waals surface area contributed by atoms with Crippen molar-refractivity contribution in [3.05, 3.63) is 55.8 Å². The van der Waals surface area contributed by atoms with Gasteiger partial charge in [-0.25, -0.2) is 0 Å². The van der Waals surface area contributed by atoms with Gasteiger partial charge < -0.3 is 5.32 Å². The fourth-order valence-corrected chi connectivity index (χ4v) is 4.37. The standard InChI is InChI=1S/C18H21N3O3S/c1-3-15-13-8-10-25-17(13)7-9-20(15)11-18(22)19-14-5-4-6-16(12(14)2)21(23)24/h4-6,8,10,15H,3,7,9,11H2,1-2H3,(H,19,22). The van der Waals surface area contributed by atoms with Gasteiger partial charge in [0.2, 0.25) is 5.91 Å². The second kappa shape index (κ2) is 7.33. The summed E-state index contributed by atoms with van der Waals surface area (Å²) < 4.78 is 0. The number of amides is 1. The number of benzene rings is 1. The molecular weight excluding hydrogens is 338 g/mol. The zero-order valence-electron chi connectivity index (χ0n) is 14.3. The Morgan fingerprint density at radius 1 is 1.44 bits per heavy atom. The van der Waals surface area contributed by atoms with Crippen LogP contribution in [-0.4, -0.2) is 28.8 Å². The molecule has 1 aliphatic rings. The third-order valence-electron chi connectivity index (χ3n) is 4.72. The predicted octanol–water partition coefficient (Wildman–Crippen LogP) is 3.91. The van der Waals surface area contributed by atoms with Gasteiger partial charge >= 0.3 is 0 Å². The fraction of sp³-hybridized carbons (Fsp3) is 0.389. The van der Waals surface area contributed by atoms with E-state index in [1.54, 1.807) is 30.4 Å². The number of nitro groups is 1. The van der Waals surface area contributed by atoms with E-state index in [9.17, 15) is 14.9 Å². The van der Waals surface area contributed by atoms with Crippen LogP contribution < -0.4 is 5.32 Å². The number of nitrogens with zero attached hydrogens (tertiary/aromatic N) is 2. The molecule has 1 aliphatic heterocycles. The normalized spacial score (nSPS) is 17.1. The lowest BCUT2D eigenvalue weighted by Gasteiger charge is -2.34. The van der Waals surface area contributed by atoms with Crippen molar-refractivity contribution in [1.29, 1.82) is 0 Å². The Morgan fingerprint density at radius 3 is 2.96 bits per heavy atom. The maximum atomic E-state index is 12.5. The summed E-state index contributed by atoms with van der Waals surface area (Å²) in [5.74, 6) is -0.138. The molecule has 0 aliphatic carbocycles. The molecule has 1 unspecified atom stereocenters. The largest absolute Gasteiger partial charge is 0.324 e. The molecule has 1 atom stereocenters. The summed E-state index contributed by atoms with van der Waals surface area (Å²) in [6, 6.07) is 7.15. The van der Waals surface area contributed by atoms with Crippen molar-refractivity contribution in [3.63, 3.8) is 0 Å². The predicted molar refractivity (Wildman–Crippen MR) is 99.1 cm³/mol. The highest BCUT2D eigenvalue weighted by Gasteiger charge is 2.28. The van der Waals surface area contributed by atoms with Crippen LogP contribution >= 0.6 is 11.3 Å². The minimum Gasteiger partial charge on any atom is -0.324 e. The van der Waals surface area contributed by atoms with Crippen molar-refractivity contribution in [2.75, 3.05) is 18.4 Å². The third-order valence-corrected chi connectivity index (χ3v) is 5.71. The minimum absolute atomic E-state index is 0.0186. The first-order valence-corrected chi connectivity index (χ1v) is 9.23. The van der Waals surface area contributed by atoms with E-state index in [2.05, 4.69) is 28.6 Å². The minimum atomic E-state index is -0.430.